The Morgan fingerprint density at radius 1 is 0.962 bits per heavy atom. The first kappa shape index (κ1) is 17.6. The Balaban J connectivity index is 1.70. The van der Waals surface area contributed by atoms with Crippen LogP contribution in [0.1, 0.15) is 51.9 Å². The molecule has 0 aliphatic heterocycles. The summed E-state index contributed by atoms with van der Waals surface area (Å²) >= 11 is 0. The predicted octanol–water partition coefficient (Wildman–Crippen LogP) is 4.03. The monoisotopic (exact) mass is 347 g/mol. The molecule has 0 fully saturated rings. The molecule has 2 aromatic carbocycles. The fraction of sp³-hybridized carbons (Fsp3) is 0.190. The van der Waals surface area contributed by atoms with Crippen LogP contribution >= 0.6 is 0 Å². The van der Waals surface area contributed by atoms with Gasteiger partial charge in [-0.25, -0.2) is 4.98 Å². The molecule has 1 aromatic heterocycles. The number of imidazole rings is 1. The molecule has 0 aliphatic carbocycles. The highest BCUT2D eigenvalue weighted by Gasteiger charge is 2.14. The lowest BCUT2D eigenvalue weighted by Crippen LogP contribution is -2.12. The van der Waals surface area contributed by atoms with E-state index in [0.29, 0.717) is 28.6 Å². The number of amides is 1. The molecule has 26 heavy (non-hydrogen) atoms. The van der Waals surface area contributed by atoms with Crippen LogP contribution in [0.4, 0.5) is 5.69 Å². The van der Waals surface area contributed by atoms with Crippen molar-refractivity contribution in [2.45, 2.75) is 19.8 Å². The zero-order valence-electron chi connectivity index (χ0n) is 15.1. The fourth-order valence-corrected chi connectivity index (χ4v) is 2.64. The molecule has 3 aromatic rings. The summed E-state index contributed by atoms with van der Waals surface area (Å²) in [6.07, 6.45) is 3.32. The molecule has 1 amide bonds. The van der Waals surface area contributed by atoms with Gasteiger partial charge in [0.15, 0.2) is 5.82 Å². The van der Waals surface area contributed by atoms with Crippen LogP contribution in [0, 0.1) is 0 Å². The lowest BCUT2D eigenvalue weighted by Gasteiger charge is -2.08. The average molecular weight is 347 g/mol. The Bertz CT molecular complexity index is 923. The summed E-state index contributed by atoms with van der Waals surface area (Å²) in [7, 11) is 1.78. The zero-order chi connectivity index (χ0) is 18.7. The third-order valence-electron chi connectivity index (χ3n) is 4.27. The van der Waals surface area contributed by atoms with Crippen molar-refractivity contribution in [3.63, 3.8) is 0 Å². The molecule has 0 spiro atoms. The van der Waals surface area contributed by atoms with E-state index < -0.39 is 0 Å². The quantitative estimate of drug-likeness (QED) is 0.709. The number of hydrogen-bond acceptors (Lipinski definition) is 3. The first-order chi connectivity index (χ1) is 12.5. The number of anilines is 1. The van der Waals surface area contributed by atoms with Crippen molar-refractivity contribution < 1.29 is 9.59 Å². The van der Waals surface area contributed by atoms with Gasteiger partial charge in [0.2, 0.25) is 5.78 Å². The van der Waals surface area contributed by atoms with Crippen molar-refractivity contribution in [3.8, 4) is 0 Å². The number of ketones is 1. The molecule has 3 rings (SSSR count). The van der Waals surface area contributed by atoms with Crippen LogP contribution in [0.2, 0.25) is 0 Å². The highest BCUT2D eigenvalue weighted by molar-refractivity contribution is 6.07. The van der Waals surface area contributed by atoms with E-state index in [1.165, 1.54) is 5.56 Å². The van der Waals surface area contributed by atoms with Gasteiger partial charge >= 0.3 is 0 Å². The number of rotatable bonds is 5. The van der Waals surface area contributed by atoms with Gasteiger partial charge in [-0.15, -0.1) is 0 Å². The van der Waals surface area contributed by atoms with Crippen LogP contribution in [0.15, 0.2) is 60.9 Å². The van der Waals surface area contributed by atoms with Gasteiger partial charge in [-0.2, -0.15) is 0 Å². The van der Waals surface area contributed by atoms with E-state index >= 15 is 0 Å². The number of nitrogens with zero attached hydrogens (tertiary/aromatic N) is 2. The summed E-state index contributed by atoms with van der Waals surface area (Å²) in [5, 5.41) is 2.85. The SMILES string of the molecule is CC(C)c1ccc(C(=O)Nc2ccc(C(=O)c3nccn3C)cc2)cc1. The predicted molar refractivity (Wildman–Crippen MR) is 102 cm³/mol. The number of aryl methyl sites for hydroxylation is 1. The van der Waals surface area contributed by atoms with E-state index in [-0.39, 0.29) is 11.7 Å². The van der Waals surface area contributed by atoms with Crippen LogP contribution in [0.3, 0.4) is 0 Å². The molecule has 5 heteroatoms. The van der Waals surface area contributed by atoms with Gasteiger partial charge in [-0.3, -0.25) is 9.59 Å². The maximum Gasteiger partial charge on any atom is 0.255 e. The molecule has 0 bridgehead atoms. The summed E-state index contributed by atoms with van der Waals surface area (Å²) in [5.41, 5.74) is 2.96. The van der Waals surface area contributed by atoms with Gasteiger partial charge in [0.1, 0.15) is 0 Å². The highest BCUT2D eigenvalue weighted by atomic mass is 16.1. The van der Waals surface area contributed by atoms with Crippen molar-refractivity contribution in [1.82, 2.24) is 9.55 Å². The minimum Gasteiger partial charge on any atom is -0.331 e. The fourth-order valence-electron chi connectivity index (χ4n) is 2.64. The molecule has 0 radical (unpaired) electrons. The number of aromatic nitrogens is 2. The summed E-state index contributed by atoms with van der Waals surface area (Å²) in [5.74, 6) is 0.478. The van der Waals surface area contributed by atoms with Crippen molar-refractivity contribution in [2.24, 2.45) is 7.05 Å². The number of benzene rings is 2. The maximum absolute atomic E-state index is 12.4. The third kappa shape index (κ3) is 3.72. The molecule has 0 aliphatic rings. The summed E-state index contributed by atoms with van der Waals surface area (Å²) < 4.78 is 1.68. The van der Waals surface area contributed by atoms with Gasteiger partial charge in [0.05, 0.1) is 0 Å². The Morgan fingerprint density at radius 3 is 2.12 bits per heavy atom. The lowest BCUT2D eigenvalue weighted by molar-refractivity contribution is 0.102. The van der Waals surface area contributed by atoms with E-state index in [4.69, 9.17) is 0 Å². The molecule has 132 valence electrons. The minimum atomic E-state index is -0.177. The molecule has 0 saturated heterocycles. The first-order valence-corrected chi connectivity index (χ1v) is 8.49. The Labute approximate surface area is 152 Å². The third-order valence-corrected chi connectivity index (χ3v) is 4.27. The van der Waals surface area contributed by atoms with Crippen molar-refractivity contribution in [3.05, 3.63) is 83.4 Å². The standard InChI is InChI=1S/C21H21N3O2/c1-14(2)15-4-6-17(7-5-15)21(26)23-18-10-8-16(9-11-18)19(25)20-22-12-13-24(20)3/h4-14H,1-3H3,(H,23,26). The zero-order valence-corrected chi connectivity index (χ0v) is 15.1. The van der Waals surface area contributed by atoms with E-state index in [9.17, 15) is 9.59 Å². The summed E-state index contributed by atoms with van der Waals surface area (Å²) in [6, 6.07) is 14.4. The minimum absolute atomic E-state index is 0.153. The first-order valence-electron chi connectivity index (χ1n) is 8.49. The van der Waals surface area contributed by atoms with Gasteiger partial charge in [-0.1, -0.05) is 26.0 Å². The second kappa shape index (κ2) is 7.35. The topological polar surface area (TPSA) is 64.0 Å². The Kier molecular flexibility index (Phi) is 4.98. The Hall–Kier alpha value is -3.21. The smallest absolute Gasteiger partial charge is 0.255 e. The molecular weight excluding hydrogens is 326 g/mol. The van der Waals surface area contributed by atoms with Gasteiger partial charge in [0.25, 0.3) is 5.91 Å². The Morgan fingerprint density at radius 2 is 1.58 bits per heavy atom. The number of carbonyl (C=O) groups is 2. The molecule has 0 saturated carbocycles. The van der Waals surface area contributed by atoms with Crippen molar-refractivity contribution in [2.75, 3.05) is 5.32 Å². The van der Waals surface area contributed by atoms with Crippen LogP contribution in [0.25, 0.3) is 0 Å². The van der Waals surface area contributed by atoms with Crippen LogP contribution in [-0.4, -0.2) is 21.2 Å². The largest absolute Gasteiger partial charge is 0.331 e. The molecular formula is C21H21N3O2. The average Bonchev–Trinajstić information content (AvgIpc) is 3.07. The second-order valence-electron chi connectivity index (χ2n) is 6.50. The van der Waals surface area contributed by atoms with E-state index in [0.717, 1.165) is 0 Å². The highest BCUT2D eigenvalue weighted by Crippen LogP contribution is 2.17. The second-order valence-corrected chi connectivity index (χ2v) is 6.50. The van der Waals surface area contributed by atoms with Crippen LogP contribution in [0.5, 0.6) is 0 Å². The summed E-state index contributed by atoms with van der Waals surface area (Å²) in [6.45, 7) is 4.23. The van der Waals surface area contributed by atoms with Crippen LogP contribution in [-0.2, 0) is 7.05 Å². The normalized spacial score (nSPS) is 10.8. The van der Waals surface area contributed by atoms with E-state index in [2.05, 4.69) is 24.1 Å². The van der Waals surface area contributed by atoms with Crippen molar-refractivity contribution >= 4 is 17.4 Å². The summed E-state index contributed by atoms with van der Waals surface area (Å²) in [4.78, 5) is 28.8. The molecule has 1 N–H and O–H groups in total. The van der Waals surface area contributed by atoms with Gasteiger partial charge < -0.3 is 9.88 Å². The lowest BCUT2D eigenvalue weighted by atomic mass is 10.0. The molecule has 0 atom stereocenters. The molecule has 1 heterocycles. The van der Waals surface area contributed by atoms with E-state index in [1.807, 2.05) is 24.3 Å². The van der Waals surface area contributed by atoms with Gasteiger partial charge in [0, 0.05) is 36.3 Å². The maximum atomic E-state index is 12.4. The molecule has 5 nitrogen and oxygen atoms in total. The van der Waals surface area contributed by atoms with Crippen molar-refractivity contribution in [1.29, 1.82) is 0 Å². The number of nitrogens with one attached hydrogen (secondary N) is 1. The van der Waals surface area contributed by atoms with Crippen LogP contribution < -0.4 is 5.32 Å². The number of hydrogen-bond donors (Lipinski definition) is 1. The molecule has 0 unspecified atom stereocenters. The van der Waals surface area contributed by atoms with E-state index in [1.54, 1.807) is 48.3 Å². The van der Waals surface area contributed by atoms with Gasteiger partial charge in [-0.05, 0) is 47.9 Å². The number of carbonyl (C=O) groups excluding carboxylic acids is 2.